The number of carboxylic acid groups (broad SMARTS) is 1. The second kappa shape index (κ2) is 6.76. The first-order chi connectivity index (χ1) is 8.54. The zero-order valence-electron chi connectivity index (χ0n) is 10.4. The maximum absolute atomic E-state index is 11.1. The van der Waals surface area contributed by atoms with Gasteiger partial charge in [-0.1, -0.05) is 30.3 Å². The lowest BCUT2D eigenvalue weighted by Gasteiger charge is -2.19. The molecular weight excluding hydrogens is 234 g/mol. The summed E-state index contributed by atoms with van der Waals surface area (Å²) in [6.07, 6.45) is -0.191. The Hall–Kier alpha value is -1.88. The van der Waals surface area contributed by atoms with Gasteiger partial charge in [-0.3, -0.25) is 14.9 Å². The van der Waals surface area contributed by atoms with Gasteiger partial charge >= 0.3 is 11.9 Å². The maximum Gasteiger partial charge on any atom is 0.321 e. The molecule has 1 rings (SSSR count). The highest BCUT2D eigenvalue weighted by Crippen LogP contribution is 2.13. The number of hydrogen-bond donors (Lipinski definition) is 2. The molecule has 0 saturated carbocycles. The molecule has 0 bridgehead atoms. The van der Waals surface area contributed by atoms with E-state index in [0.717, 1.165) is 5.56 Å². The van der Waals surface area contributed by atoms with Gasteiger partial charge in [0.1, 0.15) is 6.04 Å². The molecule has 1 aromatic rings. The van der Waals surface area contributed by atoms with Crippen LogP contribution < -0.4 is 5.32 Å². The van der Waals surface area contributed by atoms with E-state index in [0.29, 0.717) is 0 Å². The summed E-state index contributed by atoms with van der Waals surface area (Å²) < 4.78 is 4.48. The summed E-state index contributed by atoms with van der Waals surface area (Å²) in [7, 11) is 1.24. The monoisotopic (exact) mass is 251 g/mol. The lowest BCUT2D eigenvalue weighted by molar-refractivity contribution is -0.147. The van der Waals surface area contributed by atoms with Crippen LogP contribution in [-0.2, 0) is 14.3 Å². The average molecular weight is 251 g/mol. The van der Waals surface area contributed by atoms with E-state index < -0.39 is 18.0 Å². The second-order valence-electron chi connectivity index (χ2n) is 3.97. The number of rotatable bonds is 6. The third-order valence-corrected chi connectivity index (χ3v) is 2.65. The number of benzene rings is 1. The molecule has 0 aromatic heterocycles. The van der Waals surface area contributed by atoms with Crippen molar-refractivity contribution < 1.29 is 19.4 Å². The van der Waals surface area contributed by atoms with Gasteiger partial charge in [0, 0.05) is 6.04 Å². The predicted octanol–water partition coefficient (Wildman–Crippen LogP) is 1.35. The van der Waals surface area contributed by atoms with E-state index >= 15 is 0 Å². The Kier molecular flexibility index (Phi) is 5.32. The number of hydrogen-bond acceptors (Lipinski definition) is 4. The van der Waals surface area contributed by atoms with Crippen LogP contribution in [0.4, 0.5) is 0 Å². The maximum atomic E-state index is 11.1. The highest BCUT2D eigenvalue weighted by molar-refractivity contribution is 5.81. The van der Waals surface area contributed by atoms with E-state index in [9.17, 15) is 9.59 Å². The van der Waals surface area contributed by atoms with Gasteiger partial charge in [-0.2, -0.15) is 0 Å². The van der Waals surface area contributed by atoms with E-state index in [1.54, 1.807) is 0 Å². The van der Waals surface area contributed by atoms with E-state index in [1.807, 2.05) is 37.3 Å². The average Bonchev–Trinajstić information content (AvgIpc) is 2.38. The number of carbonyl (C=O) groups is 2. The molecule has 0 aliphatic carbocycles. The third-order valence-electron chi connectivity index (χ3n) is 2.65. The summed E-state index contributed by atoms with van der Waals surface area (Å²) >= 11 is 0. The quantitative estimate of drug-likeness (QED) is 0.746. The van der Waals surface area contributed by atoms with E-state index in [-0.39, 0.29) is 12.5 Å². The Morgan fingerprint density at radius 3 is 2.44 bits per heavy atom. The Morgan fingerprint density at radius 2 is 1.94 bits per heavy atom. The first kappa shape index (κ1) is 14.2. The molecule has 0 radical (unpaired) electrons. The van der Waals surface area contributed by atoms with Crippen molar-refractivity contribution in [2.45, 2.75) is 25.4 Å². The molecule has 98 valence electrons. The normalized spacial score (nSPS) is 13.7. The van der Waals surface area contributed by atoms with Crippen molar-refractivity contribution in [2.24, 2.45) is 0 Å². The van der Waals surface area contributed by atoms with Crippen molar-refractivity contribution in [1.82, 2.24) is 5.32 Å². The number of ether oxygens (including phenoxy) is 1. The predicted molar refractivity (Wildman–Crippen MR) is 66.0 cm³/mol. The van der Waals surface area contributed by atoms with Crippen LogP contribution in [0.25, 0.3) is 0 Å². The largest absolute Gasteiger partial charge is 0.480 e. The smallest absolute Gasteiger partial charge is 0.321 e. The minimum Gasteiger partial charge on any atom is -0.480 e. The van der Waals surface area contributed by atoms with Crippen molar-refractivity contribution in [1.29, 1.82) is 0 Å². The first-order valence-electron chi connectivity index (χ1n) is 5.65. The molecule has 18 heavy (non-hydrogen) atoms. The van der Waals surface area contributed by atoms with Gasteiger partial charge in [0.2, 0.25) is 0 Å². The molecule has 0 aliphatic rings. The number of aliphatic carboxylic acids is 1. The van der Waals surface area contributed by atoms with Gasteiger partial charge in [-0.05, 0) is 12.5 Å². The number of carbonyl (C=O) groups excluding carboxylic acids is 1. The molecule has 2 atom stereocenters. The zero-order valence-corrected chi connectivity index (χ0v) is 10.4. The Bertz CT molecular complexity index is 405. The molecule has 0 aliphatic heterocycles. The molecule has 0 fully saturated rings. The number of carboxylic acids is 1. The lowest BCUT2D eigenvalue weighted by atomic mass is 10.1. The molecule has 0 unspecified atom stereocenters. The minimum absolute atomic E-state index is 0.156. The fourth-order valence-electron chi connectivity index (χ4n) is 1.61. The zero-order chi connectivity index (χ0) is 13.5. The fourth-order valence-corrected chi connectivity index (χ4v) is 1.61. The van der Waals surface area contributed by atoms with Crippen LogP contribution in [0, 0.1) is 0 Å². The van der Waals surface area contributed by atoms with Crippen molar-refractivity contribution in [2.75, 3.05) is 7.11 Å². The van der Waals surface area contributed by atoms with Crippen molar-refractivity contribution in [3.05, 3.63) is 35.9 Å². The summed E-state index contributed by atoms with van der Waals surface area (Å²) in [4.78, 5) is 22.2. The van der Waals surface area contributed by atoms with Gasteiger partial charge < -0.3 is 9.84 Å². The van der Waals surface area contributed by atoms with Crippen LogP contribution in [0.2, 0.25) is 0 Å². The van der Waals surface area contributed by atoms with Gasteiger partial charge in [-0.25, -0.2) is 0 Å². The molecule has 2 N–H and O–H groups in total. The standard InChI is InChI=1S/C13H17NO4/c1-9(10-6-4-3-5-7-10)14-11(13(16)17)8-12(15)18-2/h3-7,9,11,14H,8H2,1-2H3,(H,16,17)/t9-,11-/m0/s1. The van der Waals surface area contributed by atoms with E-state index in [2.05, 4.69) is 10.1 Å². The molecule has 0 saturated heterocycles. The third kappa shape index (κ3) is 4.18. The summed E-state index contributed by atoms with van der Waals surface area (Å²) in [5.74, 6) is -1.61. The van der Waals surface area contributed by atoms with Gasteiger partial charge in [0.15, 0.2) is 0 Å². The van der Waals surface area contributed by atoms with E-state index in [1.165, 1.54) is 7.11 Å². The summed E-state index contributed by atoms with van der Waals surface area (Å²) in [5, 5.41) is 11.9. The van der Waals surface area contributed by atoms with Crippen LogP contribution in [0.1, 0.15) is 24.9 Å². The second-order valence-corrected chi connectivity index (χ2v) is 3.97. The summed E-state index contributed by atoms with van der Waals surface area (Å²) in [6, 6.07) is 8.33. The Labute approximate surface area is 106 Å². The van der Waals surface area contributed by atoms with E-state index in [4.69, 9.17) is 5.11 Å². The molecule has 5 heteroatoms. The van der Waals surface area contributed by atoms with Gasteiger partial charge in [0.25, 0.3) is 0 Å². The SMILES string of the molecule is COC(=O)C[C@H](N[C@@H](C)c1ccccc1)C(=O)O. The van der Waals surface area contributed by atoms with Crippen LogP contribution in [0.3, 0.4) is 0 Å². The highest BCUT2D eigenvalue weighted by atomic mass is 16.5. The van der Waals surface area contributed by atoms with Crippen molar-refractivity contribution >= 4 is 11.9 Å². The molecule has 0 spiro atoms. The number of nitrogens with one attached hydrogen (secondary N) is 1. The molecule has 0 amide bonds. The summed E-state index contributed by atoms with van der Waals surface area (Å²) in [5.41, 5.74) is 0.966. The molecule has 1 aromatic carbocycles. The fraction of sp³-hybridized carbons (Fsp3) is 0.385. The Morgan fingerprint density at radius 1 is 1.33 bits per heavy atom. The minimum atomic E-state index is -1.07. The number of methoxy groups -OCH3 is 1. The topological polar surface area (TPSA) is 75.6 Å². The molecular formula is C13H17NO4. The lowest BCUT2D eigenvalue weighted by Crippen LogP contribution is -2.40. The van der Waals surface area contributed by atoms with Crippen LogP contribution >= 0.6 is 0 Å². The van der Waals surface area contributed by atoms with Crippen LogP contribution in [0.15, 0.2) is 30.3 Å². The highest BCUT2D eigenvalue weighted by Gasteiger charge is 2.23. The first-order valence-corrected chi connectivity index (χ1v) is 5.65. The number of esters is 1. The van der Waals surface area contributed by atoms with Gasteiger partial charge in [0.05, 0.1) is 13.5 Å². The van der Waals surface area contributed by atoms with Crippen LogP contribution in [-0.4, -0.2) is 30.2 Å². The molecule has 0 heterocycles. The van der Waals surface area contributed by atoms with Crippen molar-refractivity contribution in [3.63, 3.8) is 0 Å². The van der Waals surface area contributed by atoms with Crippen LogP contribution in [0.5, 0.6) is 0 Å². The van der Waals surface area contributed by atoms with Crippen molar-refractivity contribution in [3.8, 4) is 0 Å². The summed E-state index contributed by atoms with van der Waals surface area (Å²) in [6.45, 7) is 1.85. The Balaban J connectivity index is 2.66. The molecule has 5 nitrogen and oxygen atoms in total. The van der Waals surface area contributed by atoms with Gasteiger partial charge in [-0.15, -0.1) is 0 Å².